The number of rotatable bonds is 2. The molecule has 1 unspecified atom stereocenters. The van der Waals surface area contributed by atoms with Crippen LogP contribution in [0.5, 0.6) is 0 Å². The van der Waals surface area contributed by atoms with Crippen LogP contribution in [0.4, 0.5) is 13.2 Å². The van der Waals surface area contributed by atoms with E-state index in [1.165, 1.54) is 0 Å². The molecule has 0 rings (SSSR count). The van der Waals surface area contributed by atoms with Crippen LogP contribution in [0.1, 0.15) is 0 Å². The Hall–Kier alpha value is -1.55. The van der Waals surface area contributed by atoms with E-state index < -0.39 is 23.3 Å². The predicted molar refractivity (Wildman–Crippen MR) is 37.8 cm³/mol. The summed E-state index contributed by atoms with van der Waals surface area (Å²) in [5.74, 6) is -1.99. The molecule has 0 saturated carbocycles. The zero-order valence-electron chi connectivity index (χ0n) is 7.05. The van der Waals surface area contributed by atoms with Gasteiger partial charge in [-0.05, 0) is 0 Å². The molecule has 0 aliphatic heterocycles. The van der Waals surface area contributed by atoms with Crippen LogP contribution in [0.3, 0.4) is 0 Å². The summed E-state index contributed by atoms with van der Waals surface area (Å²) in [4.78, 5) is 10.7. The van der Waals surface area contributed by atoms with Crippen molar-refractivity contribution in [1.29, 1.82) is 5.26 Å². The van der Waals surface area contributed by atoms with Crippen LogP contribution in [0.2, 0.25) is 0 Å². The zero-order valence-corrected chi connectivity index (χ0v) is 7.05. The highest BCUT2D eigenvalue weighted by molar-refractivity contribution is 5.85. The molecule has 0 radical (unpaired) electrons. The van der Waals surface area contributed by atoms with Crippen LogP contribution < -0.4 is 0 Å². The van der Waals surface area contributed by atoms with Gasteiger partial charge in [0.15, 0.2) is 0 Å². The fraction of sp³-hybridized carbons (Fsp3) is 0.429. The molecule has 0 aromatic carbocycles. The topological polar surface area (TPSA) is 70.3 Å². The lowest BCUT2D eigenvalue weighted by atomic mass is 9.95. The summed E-state index contributed by atoms with van der Waals surface area (Å²) in [7, 11) is 0.656. The Balaban J connectivity index is 5.41. The monoisotopic (exact) mass is 209 g/mol. The summed E-state index contributed by atoms with van der Waals surface area (Å²) in [5.41, 5.74) is -5.30. The molecular weight excluding hydrogens is 203 g/mol. The average Bonchev–Trinajstić information content (AvgIpc) is 2.12. The predicted octanol–water partition coefficient (Wildman–Crippen LogP) is 0.533. The van der Waals surface area contributed by atoms with Crippen molar-refractivity contribution in [2.45, 2.75) is 11.8 Å². The lowest BCUT2D eigenvalue weighted by Crippen LogP contribution is -2.53. The molecule has 14 heavy (non-hydrogen) atoms. The Morgan fingerprint density at radius 2 is 2.00 bits per heavy atom. The second-order valence-corrected chi connectivity index (χ2v) is 2.29. The Morgan fingerprint density at radius 3 is 2.21 bits per heavy atom. The number of esters is 1. The summed E-state index contributed by atoms with van der Waals surface area (Å²) < 4.78 is 40.4. The molecule has 0 aliphatic carbocycles. The molecular formula is C7H6F3NO3. The van der Waals surface area contributed by atoms with Crippen LogP contribution in [-0.2, 0) is 9.53 Å². The van der Waals surface area contributed by atoms with Crippen molar-refractivity contribution >= 4 is 5.97 Å². The SMILES string of the molecule is C=C(C#N)C(O)(C(=O)OC)C(F)(F)F. The number of ether oxygens (including phenoxy) is 1. The number of aliphatic hydroxyl groups is 1. The third-order valence-corrected chi connectivity index (χ3v) is 1.46. The van der Waals surface area contributed by atoms with Gasteiger partial charge in [-0.15, -0.1) is 0 Å². The molecule has 7 heteroatoms. The molecule has 1 N–H and O–H groups in total. The van der Waals surface area contributed by atoms with E-state index in [0.717, 1.165) is 6.07 Å². The first-order chi connectivity index (χ1) is 6.21. The van der Waals surface area contributed by atoms with Gasteiger partial charge in [0.05, 0.1) is 18.8 Å². The third kappa shape index (κ3) is 1.70. The maximum Gasteiger partial charge on any atom is 0.433 e. The molecule has 0 aromatic heterocycles. The van der Waals surface area contributed by atoms with Gasteiger partial charge >= 0.3 is 12.1 Å². The van der Waals surface area contributed by atoms with E-state index in [1.54, 1.807) is 0 Å². The number of hydrogen-bond acceptors (Lipinski definition) is 4. The van der Waals surface area contributed by atoms with Crippen molar-refractivity contribution in [1.82, 2.24) is 0 Å². The van der Waals surface area contributed by atoms with Gasteiger partial charge in [-0.3, -0.25) is 0 Å². The number of hydrogen-bond donors (Lipinski definition) is 1. The highest BCUT2D eigenvalue weighted by Gasteiger charge is 2.63. The van der Waals surface area contributed by atoms with Crippen molar-refractivity contribution in [2.75, 3.05) is 7.11 Å². The van der Waals surface area contributed by atoms with Gasteiger partial charge in [0.1, 0.15) is 0 Å². The number of nitrogens with zero attached hydrogens (tertiary/aromatic N) is 1. The first-order valence-electron chi connectivity index (χ1n) is 3.18. The number of nitriles is 1. The molecule has 0 heterocycles. The van der Waals surface area contributed by atoms with Crippen LogP contribution in [0, 0.1) is 11.3 Å². The fourth-order valence-electron chi connectivity index (χ4n) is 0.639. The van der Waals surface area contributed by atoms with Crippen molar-refractivity contribution in [2.24, 2.45) is 0 Å². The molecule has 0 aliphatic rings. The molecule has 0 bridgehead atoms. The first kappa shape index (κ1) is 12.4. The van der Waals surface area contributed by atoms with E-state index in [1.807, 2.05) is 0 Å². The lowest BCUT2D eigenvalue weighted by molar-refractivity contribution is -0.247. The maximum atomic E-state index is 12.2. The third-order valence-electron chi connectivity index (χ3n) is 1.46. The first-order valence-corrected chi connectivity index (χ1v) is 3.18. The minimum Gasteiger partial charge on any atom is -0.466 e. The van der Waals surface area contributed by atoms with E-state index in [9.17, 15) is 18.0 Å². The molecule has 0 amide bonds. The summed E-state index contributed by atoms with van der Waals surface area (Å²) in [6.45, 7) is 2.65. The van der Waals surface area contributed by atoms with Gasteiger partial charge in [-0.25, -0.2) is 4.79 Å². The Bertz CT molecular complexity index is 304. The van der Waals surface area contributed by atoms with Gasteiger partial charge in [0.25, 0.3) is 5.60 Å². The van der Waals surface area contributed by atoms with Crippen LogP contribution in [-0.4, -0.2) is 30.0 Å². The van der Waals surface area contributed by atoms with Crippen LogP contribution in [0.15, 0.2) is 12.2 Å². The van der Waals surface area contributed by atoms with Crippen LogP contribution in [0.25, 0.3) is 0 Å². The zero-order chi connectivity index (χ0) is 11.6. The Morgan fingerprint density at radius 1 is 1.57 bits per heavy atom. The van der Waals surface area contributed by atoms with Gasteiger partial charge in [-0.2, -0.15) is 18.4 Å². The van der Waals surface area contributed by atoms with Gasteiger partial charge in [0, 0.05) is 0 Å². The molecule has 4 nitrogen and oxygen atoms in total. The van der Waals surface area contributed by atoms with Crippen molar-refractivity contribution in [3.8, 4) is 6.07 Å². The maximum absolute atomic E-state index is 12.2. The number of carbonyl (C=O) groups excluding carboxylic acids is 1. The average molecular weight is 209 g/mol. The summed E-state index contributed by atoms with van der Waals surface area (Å²) >= 11 is 0. The van der Waals surface area contributed by atoms with Crippen LogP contribution >= 0.6 is 0 Å². The van der Waals surface area contributed by atoms with Gasteiger partial charge < -0.3 is 9.84 Å². The second kappa shape index (κ2) is 3.67. The second-order valence-electron chi connectivity index (χ2n) is 2.29. The smallest absolute Gasteiger partial charge is 0.433 e. The minimum atomic E-state index is -5.34. The molecule has 0 saturated heterocycles. The van der Waals surface area contributed by atoms with E-state index in [-0.39, 0.29) is 0 Å². The quantitative estimate of drug-likeness (QED) is 0.532. The largest absolute Gasteiger partial charge is 0.466 e. The number of halogens is 3. The van der Waals surface area contributed by atoms with E-state index in [2.05, 4.69) is 11.3 Å². The van der Waals surface area contributed by atoms with E-state index in [0.29, 0.717) is 7.11 Å². The minimum absolute atomic E-state index is 0.656. The summed E-state index contributed by atoms with van der Waals surface area (Å²) in [6, 6.07) is 0.962. The van der Waals surface area contributed by atoms with Gasteiger partial charge in [0.2, 0.25) is 0 Å². The fourth-order valence-corrected chi connectivity index (χ4v) is 0.639. The van der Waals surface area contributed by atoms with Crippen molar-refractivity contribution in [3.63, 3.8) is 0 Å². The molecule has 78 valence electrons. The molecule has 0 spiro atoms. The summed E-state index contributed by atoms with van der Waals surface area (Å²) in [6.07, 6.45) is -5.34. The van der Waals surface area contributed by atoms with Gasteiger partial charge in [-0.1, -0.05) is 6.58 Å². The van der Waals surface area contributed by atoms with E-state index >= 15 is 0 Å². The number of alkyl halides is 3. The molecule has 0 fully saturated rings. The Kier molecular flexibility index (Phi) is 3.27. The highest BCUT2D eigenvalue weighted by Crippen LogP contribution is 2.36. The molecule has 0 aromatic rings. The number of carbonyl (C=O) groups is 1. The van der Waals surface area contributed by atoms with Crippen molar-refractivity contribution < 1.29 is 27.8 Å². The molecule has 1 atom stereocenters. The lowest BCUT2D eigenvalue weighted by Gasteiger charge is -2.26. The highest BCUT2D eigenvalue weighted by atomic mass is 19.4. The normalized spacial score (nSPS) is 15.1. The van der Waals surface area contributed by atoms with Crippen molar-refractivity contribution in [3.05, 3.63) is 12.2 Å². The standard InChI is InChI=1S/C7H6F3NO3/c1-4(3-11)6(13,5(12)14-2)7(8,9)10/h13H,1H2,2H3. The summed E-state index contributed by atoms with van der Waals surface area (Å²) in [5, 5.41) is 17.1. The Labute approximate surface area is 77.2 Å². The van der Waals surface area contributed by atoms with E-state index in [4.69, 9.17) is 10.4 Å². The number of methoxy groups -OCH3 is 1.